The molecule has 112 valence electrons. The highest BCUT2D eigenvalue weighted by molar-refractivity contribution is 9.10. The van der Waals surface area contributed by atoms with Gasteiger partial charge in [0.05, 0.1) is 0 Å². The summed E-state index contributed by atoms with van der Waals surface area (Å²) in [6, 6.07) is 12.5. The molecular formula is C15H17BrN2O2S. The Hall–Kier alpha value is -1.37. The standard InChI is InChI=1S/C15H17BrN2O2S/c1-11-6-7-15(14(16)8-11)21(19,20)18-13-5-3-4-12(9-13)10-17-2/h3-9,17-18H,10H2,1-2H3. The fourth-order valence-corrected chi connectivity index (χ4v) is 4.23. The van der Waals surface area contributed by atoms with Gasteiger partial charge < -0.3 is 5.32 Å². The van der Waals surface area contributed by atoms with Crippen LogP contribution in [-0.4, -0.2) is 15.5 Å². The third-order valence-electron chi connectivity index (χ3n) is 2.94. The number of rotatable bonds is 5. The number of benzene rings is 2. The van der Waals surface area contributed by atoms with E-state index < -0.39 is 10.0 Å². The SMILES string of the molecule is CNCc1cccc(NS(=O)(=O)c2ccc(C)cc2Br)c1. The Balaban J connectivity index is 2.31. The van der Waals surface area contributed by atoms with Gasteiger partial charge in [0, 0.05) is 16.7 Å². The summed E-state index contributed by atoms with van der Waals surface area (Å²) in [6.45, 7) is 2.60. The van der Waals surface area contributed by atoms with Gasteiger partial charge in [-0.15, -0.1) is 0 Å². The molecule has 0 atom stereocenters. The molecule has 4 nitrogen and oxygen atoms in total. The maximum atomic E-state index is 12.4. The summed E-state index contributed by atoms with van der Waals surface area (Å²) in [7, 11) is -1.76. The molecule has 6 heteroatoms. The predicted molar refractivity (Wildman–Crippen MR) is 88.9 cm³/mol. The molecule has 0 aliphatic heterocycles. The zero-order chi connectivity index (χ0) is 15.5. The van der Waals surface area contributed by atoms with Crippen molar-refractivity contribution < 1.29 is 8.42 Å². The molecule has 2 rings (SSSR count). The zero-order valence-electron chi connectivity index (χ0n) is 11.9. The van der Waals surface area contributed by atoms with Crippen LogP contribution in [-0.2, 0) is 16.6 Å². The summed E-state index contributed by atoms with van der Waals surface area (Å²) in [6.07, 6.45) is 0. The van der Waals surface area contributed by atoms with E-state index >= 15 is 0 Å². The number of aryl methyl sites for hydroxylation is 1. The number of anilines is 1. The smallest absolute Gasteiger partial charge is 0.263 e. The molecule has 0 fully saturated rings. The van der Waals surface area contributed by atoms with E-state index in [0.717, 1.165) is 11.1 Å². The molecule has 0 saturated heterocycles. The first-order chi connectivity index (χ1) is 9.92. The minimum absolute atomic E-state index is 0.229. The van der Waals surface area contributed by atoms with E-state index in [-0.39, 0.29) is 4.90 Å². The lowest BCUT2D eigenvalue weighted by Crippen LogP contribution is -2.14. The lowest BCUT2D eigenvalue weighted by Gasteiger charge is -2.11. The number of sulfonamides is 1. The van der Waals surface area contributed by atoms with Crippen LogP contribution in [0.5, 0.6) is 0 Å². The lowest BCUT2D eigenvalue weighted by atomic mass is 10.2. The highest BCUT2D eigenvalue weighted by atomic mass is 79.9. The Kier molecular flexibility index (Phi) is 5.03. The van der Waals surface area contributed by atoms with E-state index in [1.165, 1.54) is 0 Å². The predicted octanol–water partition coefficient (Wildman–Crippen LogP) is 3.28. The first-order valence-electron chi connectivity index (χ1n) is 6.45. The number of halogens is 1. The molecule has 0 heterocycles. The summed E-state index contributed by atoms with van der Waals surface area (Å²) in [5.74, 6) is 0. The van der Waals surface area contributed by atoms with E-state index in [4.69, 9.17) is 0 Å². The van der Waals surface area contributed by atoms with E-state index in [1.54, 1.807) is 24.3 Å². The molecule has 0 bridgehead atoms. The maximum Gasteiger partial charge on any atom is 0.263 e. The molecule has 0 amide bonds. The van der Waals surface area contributed by atoms with Crippen molar-refractivity contribution in [3.8, 4) is 0 Å². The topological polar surface area (TPSA) is 58.2 Å². The molecule has 21 heavy (non-hydrogen) atoms. The minimum atomic E-state index is -3.61. The van der Waals surface area contributed by atoms with Gasteiger partial charge >= 0.3 is 0 Å². The van der Waals surface area contributed by atoms with Gasteiger partial charge in [-0.05, 0) is 65.3 Å². The van der Waals surface area contributed by atoms with Crippen molar-refractivity contribution in [2.75, 3.05) is 11.8 Å². The van der Waals surface area contributed by atoms with Crippen molar-refractivity contribution in [1.29, 1.82) is 0 Å². The average molecular weight is 369 g/mol. The summed E-state index contributed by atoms with van der Waals surface area (Å²) >= 11 is 3.31. The average Bonchev–Trinajstić information content (AvgIpc) is 2.38. The molecule has 2 N–H and O–H groups in total. The number of hydrogen-bond donors (Lipinski definition) is 2. The number of hydrogen-bond acceptors (Lipinski definition) is 3. The molecule has 0 aromatic heterocycles. The van der Waals surface area contributed by atoms with Crippen LogP contribution in [0.3, 0.4) is 0 Å². The maximum absolute atomic E-state index is 12.4. The molecule has 2 aromatic rings. The van der Waals surface area contributed by atoms with Gasteiger partial charge in [-0.2, -0.15) is 0 Å². The van der Waals surface area contributed by atoms with Crippen LogP contribution in [0.1, 0.15) is 11.1 Å². The summed E-state index contributed by atoms with van der Waals surface area (Å²) in [4.78, 5) is 0.229. The van der Waals surface area contributed by atoms with Gasteiger partial charge in [-0.1, -0.05) is 18.2 Å². The molecular weight excluding hydrogens is 352 g/mol. The Morgan fingerprint density at radius 2 is 1.90 bits per heavy atom. The third kappa shape index (κ3) is 4.06. The van der Waals surface area contributed by atoms with Crippen LogP contribution in [0.2, 0.25) is 0 Å². The van der Waals surface area contributed by atoms with Gasteiger partial charge in [-0.3, -0.25) is 4.72 Å². The van der Waals surface area contributed by atoms with Crippen molar-refractivity contribution in [2.45, 2.75) is 18.4 Å². The number of nitrogens with one attached hydrogen (secondary N) is 2. The third-order valence-corrected chi connectivity index (χ3v) is 5.29. The van der Waals surface area contributed by atoms with Crippen molar-refractivity contribution in [1.82, 2.24) is 5.32 Å². The van der Waals surface area contributed by atoms with Crippen LogP contribution in [0, 0.1) is 6.92 Å². The first-order valence-corrected chi connectivity index (χ1v) is 8.72. The highest BCUT2D eigenvalue weighted by Crippen LogP contribution is 2.25. The fraction of sp³-hybridized carbons (Fsp3) is 0.200. The van der Waals surface area contributed by atoms with Crippen LogP contribution >= 0.6 is 15.9 Å². The Morgan fingerprint density at radius 1 is 1.14 bits per heavy atom. The van der Waals surface area contributed by atoms with Gasteiger partial charge in [-0.25, -0.2) is 8.42 Å². The Morgan fingerprint density at radius 3 is 2.57 bits per heavy atom. The van der Waals surface area contributed by atoms with Gasteiger partial charge in [0.1, 0.15) is 4.90 Å². The summed E-state index contributed by atoms with van der Waals surface area (Å²) < 4.78 is 28.1. The molecule has 0 unspecified atom stereocenters. The second kappa shape index (κ2) is 6.60. The largest absolute Gasteiger partial charge is 0.316 e. The second-order valence-corrected chi connectivity index (χ2v) is 7.28. The Labute approximate surface area is 133 Å². The van der Waals surface area contributed by atoms with Crippen LogP contribution in [0.4, 0.5) is 5.69 Å². The molecule has 0 aliphatic rings. The summed E-state index contributed by atoms with van der Waals surface area (Å²) in [5, 5.41) is 3.04. The molecule has 2 aromatic carbocycles. The Bertz CT molecular complexity index is 745. The van der Waals surface area contributed by atoms with Crippen LogP contribution < -0.4 is 10.0 Å². The summed E-state index contributed by atoms with van der Waals surface area (Å²) in [5.41, 5.74) is 2.56. The zero-order valence-corrected chi connectivity index (χ0v) is 14.3. The minimum Gasteiger partial charge on any atom is -0.316 e. The molecule has 0 aliphatic carbocycles. The fourth-order valence-electron chi connectivity index (χ4n) is 1.98. The highest BCUT2D eigenvalue weighted by Gasteiger charge is 2.17. The van der Waals surface area contributed by atoms with Gasteiger partial charge in [0.2, 0.25) is 0 Å². The monoisotopic (exact) mass is 368 g/mol. The van der Waals surface area contributed by atoms with Crippen molar-refractivity contribution in [2.24, 2.45) is 0 Å². The lowest BCUT2D eigenvalue weighted by molar-refractivity contribution is 0.600. The van der Waals surface area contributed by atoms with E-state index in [0.29, 0.717) is 16.7 Å². The van der Waals surface area contributed by atoms with E-state index in [9.17, 15) is 8.42 Å². The first kappa shape index (κ1) is 16.0. The molecule has 0 spiro atoms. The van der Waals surface area contributed by atoms with Crippen LogP contribution in [0.25, 0.3) is 0 Å². The molecule has 0 saturated carbocycles. The normalized spacial score (nSPS) is 11.4. The molecule has 0 radical (unpaired) electrons. The van der Waals surface area contributed by atoms with Crippen molar-refractivity contribution in [3.63, 3.8) is 0 Å². The van der Waals surface area contributed by atoms with Gasteiger partial charge in [0.15, 0.2) is 0 Å². The second-order valence-electron chi connectivity index (χ2n) is 4.77. The van der Waals surface area contributed by atoms with Crippen molar-refractivity contribution >= 4 is 31.6 Å². The van der Waals surface area contributed by atoms with Crippen LogP contribution in [0.15, 0.2) is 51.8 Å². The van der Waals surface area contributed by atoms with Crippen molar-refractivity contribution in [3.05, 3.63) is 58.1 Å². The van der Waals surface area contributed by atoms with E-state index in [2.05, 4.69) is 26.0 Å². The quantitative estimate of drug-likeness (QED) is 0.851. The van der Waals surface area contributed by atoms with E-state index in [1.807, 2.05) is 32.2 Å². The van der Waals surface area contributed by atoms with Gasteiger partial charge in [0.25, 0.3) is 10.0 Å².